The molecular formula is C31H26F3N3O4S2. The van der Waals surface area contributed by atoms with Gasteiger partial charge in [0.05, 0.1) is 28.1 Å². The van der Waals surface area contributed by atoms with Crippen LogP contribution in [0, 0.1) is 5.82 Å². The van der Waals surface area contributed by atoms with E-state index < -0.39 is 27.7 Å². The first kappa shape index (κ1) is 28.9. The third-order valence-electron chi connectivity index (χ3n) is 7.56. The highest BCUT2D eigenvalue weighted by Crippen LogP contribution is 2.46. The second-order valence-electron chi connectivity index (χ2n) is 10.4. The molecule has 43 heavy (non-hydrogen) atoms. The Bertz CT molecular complexity index is 2000. The number of hydrogen-bond acceptors (Lipinski definition) is 6. The number of rotatable bonds is 6. The molecule has 0 bridgehead atoms. The normalized spacial score (nSPS) is 14.5. The summed E-state index contributed by atoms with van der Waals surface area (Å²) in [4.78, 5) is 17.7. The summed E-state index contributed by atoms with van der Waals surface area (Å²) in [5.74, 6) is -3.62. The molecule has 1 N–H and O–H groups in total. The predicted octanol–water partition coefficient (Wildman–Crippen LogP) is 7.21. The van der Waals surface area contributed by atoms with Crippen LogP contribution in [0.5, 0.6) is 0 Å². The van der Waals surface area contributed by atoms with E-state index in [9.17, 15) is 26.4 Å². The molecule has 3 aromatic carbocycles. The summed E-state index contributed by atoms with van der Waals surface area (Å²) in [6.45, 7) is 0. The molecule has 0 atom stereocenters. The van der Waals surface area contributed by atoms with Crippen molar-refractivity contribution in [1.82, 2.24) is 10.3 Å². The average molecular weight is 626 g/mol. The first-order valence-electron chi connectivity index (χ1n) is 13.4. The van der Waals surface area contributed by atoms with Crippen molar-refractivity contribution in [2.24, 2.45) is 0 Å². The fourth-order valence-corrected chi connectivity index (χ4v) is 6.92. The van der Waals surface area contributed by atoms with Gasteiger partial charge in [-0.1, -0.05) is 18.2 Å². The van der Waals surface area contributed by atoms with Crippen molar-refractivity contribution in [3.05, 3.63) is 82.6 Å². The number of nitrogens with one attached hydrogen (secondary N) is 1. The Morgan fingerprint density at radius 1 is 1.07 bits per heavy atom. The quantitative estimate of drug-likeness (QED) is 0.215. The standard InChI is InChI=1S/C31H26F3N3O4S2/c1-35-29(38)26-22-15-21(18-6-4-7-19(14-18)30-36-23-8-5-13-31(33,34)28(23)42-30)24(37(2)43(3,39)40)16-25(22)41-27(26)17-9-11-20(32)12-10-17/h4,6-7,9-12,14-16H,5,8,13H2,1-3H3,(H,35,38). The van der Waals surface area contributed by atoms with Gasteiger partial charge in [0.15, 0.2) is 0 Å². The number of carbonyl (C=O) groups is 1. The van der Waals surface area contributed by atoms with E-state index in [2.05, 4.69) is 10.3 Å². The van der Waals surface area contributed by atoms with Gasteiger partial charge in [0.1, 0.15) is 22.2 Å². The van der Waals surface area contributed by atoms with Gasteiger partial charge in [0.2, 0.25) is 10.0 Å². The van der Waals surface area contributed by atoms with Gasteiger partial charge in [0, 0.05) is 48.7 Å². The zero-order chi connectivity index (χ0) is 30.7. The molecule has 1 aliphatic carbocycles. The molecule has 0 spiro atoms. The maximum atomic E-state index is 14.6. The zero-order valence-corrected chi connectivity index (χ0v) is 25.0. The van der Waals surface area contributed by atoms with Gasteiger partial charge in [-0.15, -0.1) is 11.3 Å². The van der Waals surface area contributed by atoms with Crippen molar-refractivity contribution in [2.45, 2.75) is 25.2 Å². The summed E-state index contributed by atoms with van der Waals surface area (Å²) in [6.07, 6.45) is 1.71. The van der Waals surface area contributed by atoms with E-state index in [1.807, 2.05) is 0 Å². The fourth-order valence-electron chi connectivity index (χ4n) is 5.30. The minimum Gasteiger partial charge on any atom is -0.455 e. The average Bonchev–Trinajstić information content (AvgIpc) is 3.58. The van der Waals surface area contributed by atoms with Crippen LogP contribution >= 0.6 is 11.3 Å². The summed E-state index contributed by atoms with van der Waals surface area (Å²) >= 11 is 0.966. The van der Waals surface area contributed by atoms with Crippen molar-refractivity contribution in [3.63, 3.8) is 0 Å². The first-order valence-corrected chi connectivity index (χ1v) is 16.0. The van der Waals surface area contributed by atoms with Gasteiger partial charge >= 0.3 is 0 Å². The Morgan fingerprint density at radius 3 is 2.47 bits per heavy atom. The molecule has 0 radical (unpaired) electrons. The Labute approximate surface area is 250 Å². The van der Waals surface area contributed by atoms with Crippen molar-refractivity contribution in [2.75, 3.05) is 24.7 Å². The van der Waals surface area contributed by atoms with E-state index in [1.165, 1.54) is 38.4 Å². The van der Waals surface area contributed by atoms with Crippen LogP contribution in [-0.2, 0) is 22.4 Å². The summed E-state index contributed by atoms with van der Waals surface area (Å²) in [7, 11) is -0.854. The van der Waals surface area contributed by atoms with E-state index >= 15 is 0 Å². The third-order valence-corrected chi connectivity index (χ3v) is 10.0. The topological polar surface area (TPSA) is 92.5 Å². The van der Waals surface area contributed by atoms with Crippen LogP contribution in [0.2, 0.25) is 0 Å². The molecule has 0 aliphatic heterocycles. The molecule has 6 rings (SSSR count). The van der Waals surface area contributed by atoms with E-state index in [-0.39, 0.29) is 33.9 Å². The second kappa shape index (κ2) is 10.5. The molecular weight excluding hydrogens is 599 g/mol. The number of sulfonamides is 1. The number of halogens is 3. The van der Waals surface area contributed by atoms with Gasteiger partial charge in [0.25, 0.3) is 11.8 Å². The molecule has 222 valence electrons. The maximum absolute atomic E-state index is 14.6. The minimum atomic E-state index is -3.74. The van der Waals surface area contributed by atoms with Crippen LogP contribution in [0.3, 0.4) is 0 Å². The van der Waals surface area contributed by atoms with Gasteiger partial charge in [-0.3, -0.25) is 9.10 Å². The number of fused-ring (bicyclic) bond motifs is 2. The second-order valence-corrected chi connectivity index (χ2v) is 13.4. The highest BCUT2D eigenvalue weighted by atomic mass is 32.2. The molecule has 5 aromatic rings. The molecule has 12 heteroatoms. The number of anilines is 1. The van der Waals surface area contributed by atoms with Crippen LogP contribution in [0.1, 0.15) is 33.8 Å². The summed E-state index contributed by atoms with van der Waals surface area (Å²) in [6, 6.07) is 15.8. The van der Waals surface area contributed by atoms with E-state index in [0.29, 0.717) is 51.2 Å². The molecule has 2 heterocycles. The molecule has 0 saturated heterocycles. The summed E-state index contributed by atoms with van der Waals surface area (Å²) in [5.41, 5.74) is 3.24. The number of alkyl halides is 2. The largest absolute Gasteiger partial charge is 0.455 e. The fraction of sp³-hybridized carbons (Fsp3) is 0.226. The lowest BCUT2D eigenvalue weighted by Gasteiger charge is -2.21. The molecule has 0 unspecified atom stereocenters. The lowest BCUT2D eigenvalue weighted by molar-refractivity contribution is -0.0181. The predicted molar refractivity (Wildman–Crippen MR) is 162 cm³/mol. The number of thiazole rings is 1. The Morgan fingerprint density at radius 2 is 1.79 bits per heavy atom. The number of aryl methyl sites for hydroxylation is 1. The van der Waals surface area contributed by atoms with Crippen LogP contribution in [-0.4, -0.2) is 39.7 Å². The van der Waals surface area contributed by atoms with E-state index in [4.69, 9.17) is 4.42 Å². The molecule has 2 aromatic heterocycles. The number of hydrogen-bond donors (Lipinski definition) is 1. The molecule has 0 fully saturated rings. The molecule has 1 amide bonds. The van der Waals surface area contributed by atoms with Crippen LogP contribution in [0.4, 0.5) is 18.9 Å². The number of furan rings is 1. The van der Waals surface area contributed by atoms with Gasteiger partial charge in [-0.25, -0.2) is 26.6 Å². The maximum Gasteiger partial charge on any atom is 0.284 e. The van der Waals surface area contributed by atoms with Crippen molar-refractivity contribution < 1.29 is 30.8 Å². The Kier molecular flexibility index (Phi) is 7.09. The summed E-state index contributed by atoms with van der Waals surface area (Å²) < 4.78 is 75.5. The van der Waals surface area contributed by atoms with E-state index in [0.717, 1.165) is 21.9 Å². The first-order chi connectivity index (χ1) is 20.4. The lowest BCUT2D eigenvalue weighted by Crippen LogP contribution is -2.25. The molecule has 0 saturated carbocycles. The van der Waals surface area contributed by atoms with Crippen molar-refractivity contribution >= 4 is 43.9 Å². The zero-order valence-electron chi connectivity index (χ0n) is 23.4. The highest BCUT2D eigenvalue weighted by molar-refractivity contribution is 7.92. The SMILES string of the molecule is CNC(=O)c1c(-c2ccc(F)cc2)oc2cc(N(C)S(C)(=O)=O)c(-c3cccc(-c4nc5c(s4)C(F)(F)CCC5)c3)cc12. The lowest BCUT2D eigenvalue weighted by atomic mass is 9.97. The Hall–Kier alpha value is -4.16. The monoisotopic (exact) mass is 625 g/mol. The van der Waals surface area contributed by atoms with Crippen molar-refractivity contribution in [3.8, 4) is 33.0 Å². The van der Waals surface area contributed by atoms with Crippen LogP contribution < -0.4 is 9.62 Å². The number of aromatic nitrogens is 1. The Balaban J connectivity index is 1.58. The summed E-state index contributed by atoms with van der Waals surface area (Å²) in [5, 5.41) is 3.47. The van der Waals surface area contributed by atoms with Gasteiger partial charge in [-0.05, 0) is 54.8 Å². The molecule has 7 nitrogen and oxygen atoms in total. The van der Waals surface area contributed by atoms with E-state index in [1.54, 1.807) is 36.4 Å². The highest BCUT2D eigenvalue weighted by Gasteiger charge is 2.40. The number of nitrogens with zero attached hydrogens (tertiary/aromatic N) is 2. The smallest absolute Gasteiger partial charge is 0.284 e. The van der Waals surface area contributed by atoms with Gasteiger partial charge < -0.3 is 9.73 Å². The molecule has 1 aliphatic rings. The number of benzene rings is 3. The minimum absolute atomic E-state index is 0.0139. The number of amides is 1. The number of carbonyl (C=O) groups excluding carboxylic acids is 1. The van der Waals surface area contributed by atoms with Crippen LogP contribution in [0.15, 0.2) is 65.1 Å². The van der Waals surface area contributed by atoms with Crippen LogP contribution in [0.25, 0.3) is 44.0 Å². The van der Waals surface area contributed by atoms with Gasteiger partial charge in [-0.2, -0.15) is 0 Å². The third kappa shape index (κ3) is 5.18. The van der Waals surface area contributed by atoms with Crippen molar-refractivity contribution in [1.29, 1.82) is 0 Å².